The number of anilines is 1. The molecule has 2 N–H and O–H groups in total. The third-order valence-electron chi connectivity index (χ3n) is 4.36. The lowest BCUT2D eigenvalue weighted by Gasteiger charge is -2.16. The van der Waals surface area contributed by atoms with Crippen molar-refractivity contribution in [3.63, 3.8) is 0 Å². The number of nitrogens with zero attached hydrogens (tertiary/aromatic N) is 3. The van der Waals surface area contributed by atoms with E-state index in [1.807, 2.05) is 13.8 Å². The lowest BCUT2D eigenvalue weighted by Crippen LogP contribution is -2.43. The highest BCUT2D eigenvalue weighted by atomic mass is 16.6. The molecule has 0 aliphatic carbocycles. The molecular weight excluding hydrogens is 412 g/mol. The van der Waals surface area contributed by atoms with E-state index < -0.39 is 45.8 Å². The Balaban J connectivity index is 2.31. The van der Waals surface area contributed by atoms with Gasteiger partial charge in [0.15, 0.2) is 12.4 Å². The molecule has 0 saturated heterocycles. The van der Waals surface area contributed by atoms with Crippen LogP contribution in [0.15, 0.2) is 27.8 Å². The first-order valence-electron chi connectivity index (χ1n) is 9.11. The lowest BCUT2D eigenvalue weighted by atomic mass is 10.1. The maximum absolute atomic E-state index is 12.6. The average Bonchev–Trinajstić information content (AvgIpc) is 2.72. The first-order valence-corrected chi connectivity index (χ1v) is 9.11. The molecule has 12 nitrogen and oxygen atoms in total. The first kappa shape index (κ1) is 23.3. The van der Waals surface area contributed by atoms with Gasteiger partial charge in [-0.25, -0.2) is 9.59 Å². The van der Waals surface area contributed by atoms with Gasteiger partial charge in [0.1, 0.15) is 11.4 Å². The van der Waals surface area contributed by atoms with Crippen LogP contribution in [-0.4, -0.2) is 39.5 Å². The van der Waals surface area contributed by atoms with E-state index in [1.165, 1.54) is 26.3 Å². The number of nitrogens with two attached hydrogens (primary N) is 1. The second-order valence-electron chi connectivity index (χ2n) is 7.05. The summed E-state index contributed by atoms with van der Waals surface area (Å²) in [5.41, 5.74) is 3.20. The maximum atomic E-state index is 12.6. The number of carbonyl (C=O) groups is 2. The highest BCUT2D eigenvalue weighted by Crippen LogP contribution is 2.27. The van der Waals surface area contributed by atoms with Crippen LogP contribution in [0, 0.1) is 16.0 Å². The summed E-state index contributed by atoms with van der Waals surface area (Å²) in [4.78, 5) is 59.9. The molecule has 1 heterocycles. The summed E-state index contributed by atoms with van der Waals surface area (Å²) in [7, 11) is 2.45. The minimum atomic E-state index is -1.02. The summed E-state index contributed by atoms with van der Waals surface area (Å²) in [6.07, 6.45) is 0. The summed E-state index contributed by atoms with van der Waals surface area (Å²) in [6, 6.07) is 3.39. The normalized spacial score (nSPS) is 10.7. The summed E-state index contributed by atoms with van der Waals surface area (Å²) < 4.78 is 11.6. The largest absolute Gasteiger partial charge is 0.490 e. The Hall–Kier alpha value is -3.96. The SMILES string of the molecule is COc1ccc(C(=O)OCC(=O)c2c(N)n(CC(C)C)c(=O)n(C)c2=O)cc1[N+](=O)[O-]. The van der Waals surface area contributed by atoms with Crippen LogP contribution in [-0.2, 0) is 18.3 Å². The topological polar surface area (TPSA) is 166 Å². The van der Waals surface area contributed by atoms with Crippen molar-refractivity contribution in [2.24, 2.45) is 13.0 Å². The molecule has 1 aromatic heterocycles. The summed E-state index contributed by atoms with van der Waals surface area (Å²) in [5.74, 6) is -2.30. The minimum absolute atomic E-state index is 0.00384. The van der Waals surface area contributed by atoms with Crippen LogP contribution < -0.4 is 21.7 Å². The fraction of sp³-hybridized carbons (Fsp3) is 0.368. The number of nitrogen functional groups attached to an aromatic ring is 1. The second kappa shape index (κ2) is 9.24. The second-order valence-corrected chi connectivity index (χ2v) is 7.05. The standard InChI is InChI=1S/C19H22N4O8/c1-10(2)8-22-16(20)15(17(25)21(3)19(22)27)13(24)9-31-18(26)11-5-6-14(30-4)12(7-11)23(28)29/h5-7,10H,8-9,20H2,1-4H3. The first-order chi connectivity index (χ1) is 14.5. The van der Waals surface area contributed by atoms with Gasteiger partial charge in [-0.1, -0.05) is 13.8 Å². The van der Waals surface area contributed by atoms with Crippen LogP contribution >= 0.6 is 0 Å². The number of methoxy groups -OCH3 is 1. The van der Waals surface area contributed by atoms with E-state index in [9.17, 15) is 29.3 Å². The molecule has 0 amide bonds. The van der Waals surface area contributed by atoms with Crippen molar-refractivity contribution in [2.75, 3.05) is 19.5 Å². The maximum Gasteiger partial charge on any atom is 0.338 e. The third kappa shape index (κ3) is 4.79. The Kier molecular flexibility index (Phi) is 6.95. The number of nitro benzene ring substituents is 1. The summed E-state index contributed by atoms with van der Waals surface area (Å²) in [6.45, 7) is 2.98. The Morgan fingerprint density at radius 1 is 1.26 bits per heavy atom. The Morgan fingerprint density at radius 2 is 1.90 bits per heavy atom. The number of Topliss-reactive ketones (excluding diaryl/α,β-unsaturated/α-hetero) is 1. The van der Waals surface area contributed by atoms with Crippen molar-refractivity contribution in [3.05, 3.63) is 60.3 Å². The summed E-state index contributed by atoms with van der Waals surface area (Å²) >= 11 is 0. The molecular formula is C19H22N4O8. The minimum Gasteiger partial charge on any atom is -0.490 e. The zero-order valence-electron chi connectivity index (χ0n) is 17.4. The number of benzene rings is 1. The predicted octanol–water partition coefficient (Wildman–Crippen LogP) is 0.742. The molecule has 0 unspecified atom stereocenters. The fourth-order valence-corrected chi connectivity index (χ4v) is 2.83. The van der Waals surface area contributed by atoms with Crippen molar-refractivity contribution in [1.82, 2.24) is 9.13 Å². The smallest absolute Gasteiger partial charge is 0.338 e. The average molecular weight is 434 g/mol. The van der Waals surface area contributed by atoms with Gasteiger partial charge in [-0.15, -0.1) is 0 Å². The van der Waals surface area contributed by atoms with E-state index in [4.69, 9.17) is 15.2 Å². The van der Waals surface area contributed by atoms with Crippen LogP contribution in [0.5, 0.6) is 5.75 Å². The molecule has 166 valence electrons. The molecule has 0 saturated carbocycles. The third-order valence-corrected chi connectivity index (χ3v) is 4.36. The summed E-state index contributed by atoms with van der Waals surface area (Å²) in [5, 5.41) is 11.1. The molecule has 2 aromatic rings. The van der Waals surface area contributed by atoms with E-state index in [1.54, 1.807) is 0 Å². The monoisotopic (exact) mass is 434 g/mol. The van der Waals surface area contributed by atoms with Crippen molar-refractivity contribution >= 4 is 23.3 Å². The molecule has 0 spiro atoms. The highest BCUT2D eigenvalue weighted by Gasteiger charge is 2.24. The lowest BCUT2D eigenvalue weighted by molar-refractivity contribution is -0.385. The zero-order chi connectivity index (χ0) is 23.5. The number of ether oxygens (including phenoxy) is 2. The van der Waals surface area contributed by atoms with Gasteiger partial charge in [0, 0.05) is 19.7 Å². The van der Waals surface area contributed by atoms with Crippen molar-refractivity contribution in [3.8, 4) is 5.75 Å². The number of carbonyl (C=O) groups excluding carboxylic acids is 2. The molecule has 0 radical (unpaired) electrons. The molecule has 31 heavy (non-hydrogen) atoms. The van der Waals surface area contributed by atoms with Crippen LogP contribution in [0.2, 0.25) is 0 Å². The molecule has 12 heteroatoms. The van der Waals surface area contributed by atoms with Crippen molar-refractivity contribution in [1.29, 1.82) is 0 Å². The van der Waals surface area contributed by atoms with Gasteiger partial charge in [-0.05, 0) is 18.1 Å². The van der Waals surface area contributed by atoms with Gasteiger partial charge in [-0.3, -0.25) is 28.8 Å². The zero-order valence-corrected chi connectivity index (χ0v) is 17.4. The number of nitro groups is 1. The molecule has 1 aromatic carbocycles. The van der Waals surface area contributed by atoms with Gasteiger partial charge in [-0.2, -0.15) is 0 Å². The molecule has 0 bridgehead atoms. The van der Waals surface area contributed by atoms with Crippen molar-refractivity contribution < 1.29 is 24.0 Å². The van der Waals surface area contributed by atoms with Crippen molar-refractivity contribution in [2.45, 2.75) is 20.4 Å². The van der Waals surface area contributed by atoms with Gasteiger partial charge >= 0.3 is 17.3 Å². The van der Waals surface area contributed by atoms with Crippen LogP contribution in [0.3, 0.4) is 0 Å². The number of ketones is 1. The fourth-order valence-electron chi connectivity index (χ4n) is 2.83. The van der Waals surface area contributed by atoms with Gasteiger partial charge in [0.2, 0.25) is 5.78 Å². The quantitative estimate of drug-likeness (QED) is 0.273. The van der Waals surface area contributed by atoms with E-state index in [0.717, 1.165) is 15.2 Å². The van der Waals surface area contributed by atoms with Gasteiger partial charge in [0.25, 0.3) is 5.56 Å². The predicted molar refractivity (Wildman–Crippen MR) is 109 cm³/mol. The number of hydrogen-bond donors (Lipinski definition) is 1. The molecule has 0 aliphatic rings. The highest BCUT2D eigenvalue weighted by molar-refractivity contribution is 6.02. The molecule has 0 atom stereocenters. The van der Waals surface area contributed by atoms with Gasteiger partial charge in [0.05, 0.1) is 17.6 Å². The van der Waals surface area contributed by atoms with E-state index >= 15 is 0 Å². The van der Waals surface area contributed by atoms with Crippen LogP contribution in [0.25, 0.3) is 0 Å². The Bertz CT molecular complexity index is 1160. The number of aromatic nitrogens is 2. The van der Waals surface area contributed by atoms with E-state index in [2.05, 4.69) is 0 Å². The van der Waals surface area contributed by atoms with Gasteiger partial charge < -0.3 is 15.2 Å². The Morgan fingerprint density at radius 3 is 2.45 bits per heavy atom. The number of hydrogen-bond acceptors (Lipinski definition) is 9. The number of rotatable bonds is 8. The van der Waals surface area contributed by atoms with E-state index in [0.29, 0.717) is 0 Å². The van der Waals surface area contributed by atoms with Crippen LogP contribution in [0.1, 0.15) is 34.6 Å². The number of esters is 1. The molecule has 0 aliphatic heterocycles. The molecule has 0 fully saturated rings. The van der Waals surface area contributed by atoms with Crippen LogP contribution in [0.4, 0.5) is 11.5 Å². The van der Waals surface area contributed by atoms with E-state index in [-0.39, 0.29) is 29.6 Å². The Labute approximate surface area is 175 Å². The molecule has 2 rings (SSSR count).